The predicted octanol–water partition coefficient (Wildman–Crippen LogP) is 1.51. The second kappa shape index (κ2) is 7.88. The molecule has 0 aliphatic carbocycles. The Labute approximate surface area is 138 Å². The Kier molecular flexibility index (Phi) is 6.12. The third-order valence-electron chi connectivity index (χ3n) is 3.97. The van der Waals surface area contributed by atoms with Crippen LogP contribution in [0.25, 0.3) is 0 Å². The van der Waals surface area contributed by atoms with Gasteiger partial charge in [-0.2, -0.15) is 0 Å². The standard InChI is InChI=1S/C16H25N3O3S/c1-13(2)12-23(21,22)18-11-14-5-9-19(10-6-14)16(20)15-3-7-17-8-4-15/h3-4,7-8,13-14,18H,5-6,9-12H2,1-2H3. The van der Waals surface area contributed by atoms with E-state index < -0.39 is 10.0 Å². The van der Waals surface area contributed by atoms with E-state index in [2.05, 4.69) is 9.71 Å². The molecule has 1 aromatic rings. The van der Waals surface area contributed by atoms with E-state index in [-0.39, 0.29) is 17.6 Å². The van der Waals surface area contributed by atoms with E-state index in [1.807, 2.05) is 18.7 Å². The SMILES string of the molecule is CC(C)CS(=O)(=O)NCC1CCN(C(=O)c2ccncc2)CC1. The summed E-state index contributed by atoms with van der Waals surface area (Å²) in [4.78, 5) is 18.1. The highest BCUT2D eigenvalue weighted by Gasteiger charge is 2.24. The molecule has 0 bridgehead atoms. The topological polar surface area (TPSA) is 79.4 Å². The van der Waals surface area contributed by atoms with Gasteiger partial charge < -0.3 is 4.90 Å². The summed E-state index contributed by atoms with van der Waals surface area (Å²) >= 11 is 0. The van der Waals surface area contributed by atoms with Crippen LogP contribution in [-0.4, -0.2) is 49.6 Å². The highest BCUT2D eigenvalue weighted by Crippen LogP contribution is 2.18. The van der Waals surface area contributed by atoms with Gasteiger partial charge in [0, 0.05) is 37.6 Å². The molecule has 0 atom stereocenters. The molecule has 0 saturated carbocycles. The first-order valence-electron chi connectivity index (χ1n) is 8.04. The zero-order chi connectivity index (χ0) is 16.9. The molecule has 128 valence electrons. The number of piperidine rings is 1. The van der Waals surface area contributed by atoms with Crippen LogP contribution in [0.5, 0.6) is 0 Å². The third kappa shape index (κ3) is 5.58. The highest BCUT2D eigenvalue weighted by atomic mass is 32.2. The summed E-state index contributed by atoms with van der Waals surface area (Å²) < 4.78 is 26.4. The molecule has 2 heterocycles. The van der Waals surface area contributed by atoms with E-state index in [9.17, 15) is 13.2 Å². The highest BCUT2D eigenvalue weighted by molar-refractivity contribution is 7.89. The Morgan fingerprint density at radius 2 is 1.91 bits per heavy atom. The molecule has 0 spiro atoms. The van der Waals surface area contributed by atoms with Crippen LogP contribution in [-0.2, 0) is 10.0 Å². The van der Waals surface area contributed by atoms with Crippen molar-refractivity contribution >= 4 is 15.9 Å². The molecule has 7 heteroatoms. The first kappa shape index (κ1) is 17.9. The van der Waals surface area contributed by atoms with Crippen molar-refractivity contribution in [2.24, 2.45) is 11.8 Å². The lowest BCUT2D eigenvalue weighted by Crippen LogP contribution is -2.42. The number of hydrogen-bond donors (Lipinski definition) is 1. The maximum Gasteiger partial charge on any atom is 0.253 e. The molecular formula is C16H25N3O3S. The average Bonchev–Trinajstić information content (AvgIpc) is 2.52. The van der Waals surface area contributed by atoms with Crippen molar-refractivity contribution in [2.75, 3.05) is 25.4 Å². The van der Waals surface area contributed by atoms with E-state index in [0.717, 1.165) is 12.8 Å². The van der Waals surface area contributed by atoms with Crippen LogP contribution in [0.3, 0.4) is 0 Å². The van der Waals surface area contributed by atoms with Crippen molar-refractivity contribution in [3.8, 4) is 0 Å². The maximum atomic E-state index is 12.3. The molecule has 1 aliphatic heterocycles. The number of carbonyl (C=O) groups is 1. The van der Waals surface area contributed by atoms with E-state index >= 15 is 0 Å². The maximum absolute atomic E-state index is 12.3. The monoisotopic (exact) mass is 339 g/mol. The van der Waals surface area contributed by atoms with Gasteiger partial charge in [-0.1, -0.05) is 13.8 Å². The zero-order valence-corrected chi connectivity index (χ0v) is 14.6. The van der Waals surface area contributed by atoms with Gasteiger partial charge in [0.1, 0.15) is 0 Å². The first-order chi connectivity index (χ1) is 10.9. The van der Waals surface area contributed by atoms with Crippen molar-refractivity contribution < 1.29 is 13.2 Å². The van der Waals surface area contributed by atoms with Crippen LogP contribution in [0, 0.1) is 11.8 Å². The number of sulfonamides is 1. The minimum Gasteiger partial charge on any atom is -0.339 e. The number of carbonyl (C=O) groups excluding carboxylic acids is 1. The quantitative estimate of drug-likeness (QED) is 0.852. The van der Waals surface area contributed by atoms with Crippen molar-refractivity contribution in [3.05, 3.63) is 30.1 Å². The zero-order valence-electron chi connectivity index (χ0n) is 13.7. The van der Waals surface area contributed by atoms with Gasteiger partial charge in [-0.3, -0.25) is 9.78 Å². The van der Waals surface area contributed by atoms with Crippen molar-refractivity contribution in [2.45, 2.75) is 26.7 Å². The minimum atomic E-state index is -3.19. The summed E-state index contributed by atoms with van der Waals surface area (Å²) in [6.07, 6.45) is 4.87. The Hall–Kier alpha value is -1.47. The van der Waals surface area contributed by atoms with Crippen molar-refractivity contribution in [1.82, 2.24) is 14.6 Å². The van der Waals surface area contributed by atoms with Gasteiger partial charge in [-0.25, -0.2) is 13.1 Å². The number of pyridine rings is 1. The lowest BCUT2D eigenvalue weighted by molar-refractivity contribution is 0.0692. The summed E-state index contributed by atoms with van der Waals surface area (Å²) in [5, 5.41) is 0. The molecule has 23 heavy (non-hydrogen) atoms. The van der Waals surface area contributed by atoms with Gasteiger partial charge in [0.15, 0.2) is 0 Å². The number of likely N-dealkylation sites (tertiary alicyclic amines) is 1. The summed E-state index contributed by atoms with van der Waals surface area (Å²) in [7, 11) is -3.19. The first-order valence-corrected chi connectivity index (χ1v) is 9.69. The number of rotatable bonds is 6. The fourth-order valence-corrected chi connectivity index (χ4v) is 4.24. The molecule has 0 radical (unpaired) electrons. The molecule has 1 N–H and O–H groups in total. The smallest absolute Gasteiger partial charge is 0.253 e. The van der Waals surface area contributed by atoms with Gasteiger partial charge >= 0.3 is 0 Å². The molecule has 6 nitrogen and oxygen atoms in total. The number of nitrogens with one attached hydrogen (secondary N) is 1. The van der Waals surface area contributed by atoms with Crippen molar-refractivity contribution in [1.29, 1.82) is 0 Å². The number of hydrogen-bond acceptors (Lipinski definition) is 4. The number of amides is 1. The van der Waals surface area contributed by atoms with Crippen LogP contribution < -0.4 is 4.72 Å². The average molecular weight is 339 g/mol. The Balaban J connectivity index is 1.79. The van der Waals surface area contributed by atoms with Crippen LogP contribution in [0.4, 0.5) is 0 Å². The largest absolute Gasteiger partial charge is 0.339 e. The normalized spacial score (nSPS) is 16.7. The summed E-state index contributed by atoms with van der Waals surface area (Å²) in [5.41, 5.74) is 0.649. The van der Waals surface area contributed by atoms with Crippen LogP contribution in [0.1, 0.15) is 37.0 Å². The van der Waals surface area contributed by atoms with E-state index in [1.54, 1.807) is 24.5 Å². The molecule has 0 unspecified atom stereocenters. The van der Waals surface area contributed by atoms with Gasteiger partial charge in [-0.05, 0) is 36.8 Å². The third-order valence-corrected chi connectivity index (χ3v) is 5.69. The molecule has 1 aliphatic rings. The molecule has 1 fully saturated rings. The van der Waals surface area contributed by atoms with Gasteiger partial charge in [0.2, 0.25) is 10.0 Å². The van der Waals surface area contributed by atoms with Crippen molar-refractivity contribution in [3.63, 3.8) is 0 Å². The lowest BCUT2D eigenvalue weighted by Gasteiger charge is -2.32. The fourth-order valence-electron chi connectivity index (χ4n) is 2.76. The molecule has 0 aromatic carbocycles. The molecule has 1 amide bonds. The van der Waals surface area contributed by atoms with Crippen LogP contribution in [0.15, 0.2) is 24.5 Å². The number of aromatic nitrogens is 1. The molecule has 1 aromatic heterocycles. The van der Waals surface area contributed by atoms with Gasteiger partial charge in [0.25, 0.3) is 5.91 Å². The van der Waals surface area contributed by atoms with E-state index in [4.69, 9.17) is 0 Å². The second-order valence-corrected chi connectivity index (χ2v) is 8.35. The molecule has 1 saturated heterocycles. The van der Waals surface area contributed by atoms with Gasteiger partial charge in [0.05, 0.1) is 5.75 Å². The minimum absolute atomic E-state index is 0.0197. The van der Waals surface area contributed by atoms with E-state index in [0.29, 0.717) is 31.1 Å². The predicted molar refractivity (Wildman–Crippen MR) is 89.5 cm³/mol. The second-order valence-electron chi connectivity index (χ2n) is 6.50. The summed E-state index contributed by atoms with van der Waals surface area (Å²) in [6.45, 7) is 5.58. The van der Waals surface area contributed by atoms with Gasteiger partial charge in [-0.15, -0.1) is 0 Å². The molecular weight excluding hydrogens is 314 g/mol. The van der Waals surface area contributed by atoms with E-state index in [1.165, 1.54) is 0 Å². The summed E-state index contributed by atoms with van der Waals surface area (Å²) in [5.74, 6) is 0.587. The number of nitrogens with zero attached hydrogens (tertiary/aromatic N) is 2. The Morgan fingerprint density at radius 3 is 2.48 bits per heavy atom. The Morgan fingerprint density at radius 1 is 1.30 bits per heavy atom. The summed E-state index contributed by atoms with van der Waals surface area (Å²) in [6, 6.07) is 3.43. The Bertz CT molecular complexity index is 609. The lowest BCUT2D eigenvalue weighted by atomic mass is 9.97. The molecule has 2 rings (SSSR count). The van der Waals surface area contributed by atoms with Crippen LogP contribution in [0.2, 0.25) is 0 Å². The van der Waals surface area contributed by atoms with Crippen LogP contribution >= 0.6 is 0 Å². The fraction of sp³-hybridized carbons (Fsp3) is 0.625.